The van der Waals surface area contributed by atoms with Gasteiger partial charge in [-0.3, -0.25) is 9.69 Å². The number of benzene rings is 1. The highest BCUT2D eigenvalue weighted by Crippen LogP contribution is 2.35. The number of aromatic nitrogens is 1. The van der Waals surface area contributed by atoms with Crippen molar-refractivity contribution >= 4 is 17.7 Å². The monoisotopic (exact) mass is 373 g/mol. The summed E-state index contributed by atoms with van der Waals surface area (Å²) in [4.78, 5) is 29.6. The largest absolute Gasteiger partial charge is 0.474 e. The van der Waals surface area contributed by atoms with Crippen LogP contribution < -0.4 is 15.0 Å². The second-order valence-electron chi connectivity index (χ2n) is 6.30. The lowest BCUT2D eigenvalue weighted by Gasteiger charge is -2.32. The Hall–Kier alpha value is -3.16. The summed E-state index contributed by atoms with van der Waals surface area (Å²) in [5.41, 5.74) is 1.77. The van der Waals surface area contributed by atoms with Crippen LogP contribution in [-0.4, -0.2) is 41.3 Å². The Morgan fingerprint density at radius 2 is 2.07 bits per heavy atom. The molecular weight excluding hydrogens is 353 g/mol. The molecule has 3 rings (SSSR count). The molecule has 0 saturated carbocycles. The third-order valence-corrected chi connectivity index (χ3v) is 4.28. The van der Waals surface area contributed by atoms with Crippen LogP contribution in [0, 0.1) is 5.82 Å². The molecule has 7 nitrogen and oxygen atoms in total. The van der Waals surface area contributed by atoms with Gasteiger partial charge < -0.3 is 15.2 Å². The molecule has 1 aliphatic rings. The third-order valence-electron chi connectivity index (χ3n) is 4.28. The molecule has 0 radical (unpaired) electrons. The number of rotatable bonds is 4. The number of pyridine rings is 1. The van der Waals surface area contributed by atoms with Crippen LogP contribution in [0.2, 0.25) is 0 Å². The van der Waals surface area contributed by atoms with Crippen molar-refractivity contribution in [2.45, 2.75) is 26.3 Å². The predicted octanol–water partition coefficient (Wildman–Crippen LogP) is 2.83. The van der Waals surface area contributed by atoms with E-state index < -0.39 is 6.09 Å². The van der Waals surface area contributed by atoms with Crippen molar-refractivity contribution < 1.29 is 23.8 Å². The fourth-order valence-electron chi connectivity index (χ4n) is 3.01. The number of amides is 2. The van der Waals surface area contributed by atoms with Gasteiger partial charge in [0, 0.05) is 6.54 Å². The molecule has 2 amide bonds. The normalized spacial score (nSPS) is 15.7. The summed E-state index contributed by atoms with van der Waals surface area (Å²) in [6, 6.07) is 7.13. The molecule has 1 aromatic heterocycles. The van der Waals surface area contributed by atoms with Crippen LogP contribution in [-0.2, 0) is 6.42 Å². The zero-order chi connectivity index (χ0) is 19.6. The lowest BCUT2D eigenvalue weighted by molar-refractivity contribution is 0.0948. The van der Waals surface area contributed by atoms with Gasteiger partial charge >= 0.3 is 6.09 Å². The number of carboxylic acid groups (broad SMARTS) is 1. The van der Waals surface area contributed by atoms with E-state index in [9.17, 15) is 19.1 Å². The van der Waals surface area contributed by atoms with Crippen LogP contribution in [0.3, 0.4) is 0 Å². The third kappa shape index (κ3) is 3.84. The number of halogens is 1. The molecular formula is C19H20FN3O4. The van der Waals surface area contributed by atoms with Gasteiger partial charge in [0.15, 0.2) is 0 Å². The number of ether oxygens (including phenoxy) is 1. The van der Waals surface area contributed by atoms with Gasteiger partial charge in [0.2, 0.25) is 5.88 Å². The second-order valence-corrected chi connectivity index (χ2v) is 6.30. The number of carbonyl (C=O) groups excluding carboxylic acids is 1. The van der Waals surface area contributed by atoms with Gasteiger partial charge in [-0.1, -0.05) is 12.1 Å². The first-order valence-electron chi connectivity index (χ1n) is 8.62. The van der Waals surface area contributed by atoms with Crippen molar-refractivity contribution in [2.75, 3.05) is 18.1 Å². The Bertz CT molecular complexity index is 870. The zero-order valence-electron chi connectivity index (χ0n) is 15.0. The summed E-state index contributed by atoms with van der Waals surface area (Å²) in [6.07, 6.45) is -0.818. The molecule has 0 bridgehead atoms. The van der Waals surface area contributed by atoms with Crippen molar-refractivity contribution in [3.05, 3.63) is 53.0 Å². The molecule has 1 aromatic carbocycles. The highest BCUT2D eigenvalue weighted by Gasteiger charge is 2.32. The highest BCUT2D eigenvalue weighted by atomic mass is 19.1. The number of hydrogen-bond donors (Lipinski definition) is 2. The minimum atomic E-state index is -1.12. The molecule has 142 valence electrons. The van der Waals surface area contributed by atoms with Crippen molar-refractivity contribution in [1.82, 2.24) is 10.3 Å². The summed E-state index contributed by atoms with van der Waals surface area (Å²) in [7, 11) is 0. The van der Waals surface area contributed by atoms with Gasteiger partial charge in [-0.2, -0.15) is 0 Å². The van der Waals surface area contributed by atoms with Crippen LogP contribution in [0.5, 0.6) is 5.88 Å². The molecule has 27 heavy (non-hydrogen) atoms. The number of anilines is 1. The van der Waals surface area contributed by atoms with E-state index in [0.717, 1.165) is 5.56 Å². The number of fused-ring (bicyclic) bond motifs is 1. The molecule has 0 spiro atoms. The topological polar surface area (TPSA) is 91.8 Å². The molecule has 0 fully saturated rings. The van der Waals surface area contributed by atoms with Gasteiger partial charge in [-0.05, 0) is 49.6 Å². The number of nitrogens with zero attached hydrogens (tertiary/aromatic N) is 2. The highest BCUT2D eigenvalue weighted by molar-refractivity contribution is 5.96. The maximum absolute atomic E-state index is 13.2. The maximum Gasteiger partial charge on any atom is 0.412 e. The molecule has 0 saturated heterocycles. The summed E-state index contributed by atoms with van der Waals surface area (Å²) >= 11 is 0. The Labute approximate surface area is 155 Å². The van der Waals surface area contributed by atoms with Crippen molar-refractivity contribution in [2.24, 2.45) is 0 Å². The van der Waals surface area contributed by atoms with E-state index in [1.807, 2.05) is 0 Å². The van der Waals surface area contributed by atoms with Crippen molar-refractivity contribution in [1.29, 1.82) is 0 Å². The molecule has 8 heteroatoms. The van der Waals surface area contributed by atoms with Gasteiger partial charge in [-0.15, -0.1) is 0 Å². The van der Waals surface area contributed by atoms with Crippen molar-refractivity contribution in [3.8, 4) is 5.88 Å². The van der Waals surface area contributed by atoms with Gasteiger partial charge in [0.1, 0.15) is 23.8 Å². The van der Waals surface area contributed by atoms with E-state index in [0.29, 0.717) is 24.2 Å². The fourth-order valence-corrected chi connectivity index (χ4v) is 3.01. The maximum atomic E-state index is 13.2. The summed E-state index contributed by atoms with van der Waals surface area (Å²) in [6.45, 7) is 4.10. The van der Waals surface area contributed by atoms with E-state index >= 15 is 0 Å². The Morgan fingerprint density at radius 3 is 2.70 bits per heavy atom. The average Bonchev–Trinajstić information content (AvgIpc) is 2.63. The van der Waals surface area contributed by atoms with E-state index in [1.54, 1.807) is 32.0 Å². The Morgan fingerprint density at radius 1 is 1.37 bits per heavy atom. The van der Waals surface area contributed by atoms with Crippen LogP contribution in [0.15, 0.2) is 30.3 Å². The molecule has 1 aliphatic heterocycles. The van der Waals surface area contributed by atoms with Gasteiger partial charge in [0.25, 0.3) is 5.91 Å². The van der Waals surface area contributed by atoms with Gasteiger partial charge in [0.05, 0.1) is 6.04 Å². The smallest absolute Gasteiger partial charge is 0.412 e. The molecule has 2 N–H and O–H groups in total. The van der Waals surface area contributed by atoms with E-state index in [2.05, 4.69) is 10.3 Å². The zero-order valence-corrected chi connectivity index (χ0v) is 15.0. The molecule has 2 aromatic rings. The minimum absolute atomic E-state index is 0.111. The Balaban J connectivity index is 2.09. The standard InChI is InChI=1S/C19H20FN3O4/c1-3-21-17(24)16-13(8-12-4-6-14(20)7-5-12)9-15-18(22-16)27-10-11(2)23(15)19(25)26/h4-7,9,11H,3,8,10H2,1-2H3,(H,21,24)(H,25,26). The lowest BCUT2D eigenvalue weighted by atomic mass is 10.0. The number of carbonyl (C=O) groups is 2. The first kappa shape index (κ1) is 18.6. The van der Waals surface area contributed by atoms with E-state index in [1.165, 1.54) is 17.0 Å². The fraction of sp³-hybridized carbons (Fsp3) is 0.316. The first-order valence-corrected chi connectivity index (χ1v) is 8.62. The lowest BCUT2D eigenvalue weighted by Crippen LogP contribution is -2.45. The summed E-state index contributed by atoms with van der Waals surface area (Å²) < 4.78 is 18.7. The average molecular weight is 373 g/mol. The molecule has 1 atom stereocenters. The first-order chi connectivity index (χ1) is 12.9. The minimum Gasteiger partial charge on any atom is -0.474 e. The van der Waals surface area contributed by atoms with Crippen LogP contribution in [0.4, 0.5) is 14.9 Å². The van der Waals surface area contributed by atoms with Crippen LogP contribution >= 0.6 is 0 Å². The number of hydrogen-bond acceptors (Lipinski definition) is 4. The second kappa shape index (κ2) is 7.61. The van der Waals surface area contributed by atoms with Crippen LogP contribution in [0.1, 0.15) is 35.5 Å². The molecule has 1 unspecified atom stereocenters. The van der Waals surface area contributed by atoms with E-state index in [4.69, 9.17) is 4.74 Å². The quantitative estimate of drug-likeness (QED) is 0.860. The van der Waals surface area contributed by atoms with Crippen molar-refractivity contribution in [3.63, 3.8) is 0 Å². The SMILES string of the molecule is CCNC(=O)c1nc2c(cc1Cc1ccc(F)cc1)N(C(=O)O)C(C)CO2. The molecule has 0 aliphatic carbocycles. The summed E-state index contributed by atoms with van der Waals surface area (Å²) in [5.74, 6) is -0.619. The molecule has 2 heterocycles. The van der Waals surface area contributed by atoms with E-state index in [-0.39, 0.29) is 35.9 Å². The Kier molecular flexibility index (Phi) is 5.25. The summed E-state index contributed by atoms with van der Waals surface area (Å²) in [5, 5.41) is 12.3. The van der Waals surface area contributed by atoms with Crippen LogP contribution in [0.25, 0.3) is 0 Å². The number of nitrogens with one attached hydrogen (secondary N) is 1. The van der Waals surface area contributed by atoms with Gasteiger partial charge in [-0.25, -0.2) is 14.2 Å². The predicted molar refractivity (Wildman–Crippen MR) is 96.9 cm³/mol.